The Morgan fingerprint density at radius 2 is 1.82 bits per heavy atom. The molecule has 0 saturated carbocycles. The molecule has 9 heteroatoms. The molecular formula is C25H29N5O3S. The Labute approximate surface area is 200 Å². The van der Waals surface area contributed by atoms with Crippen molar-refractivity contribution >= 4 is 21.6 Å². The van der Waals surface area contributed by atoms with E-state index in [1.165, 1.54) is 10.7 Å². The molecule has 1 fully saturated rings. The fourth-order valence-corrected chi connectivity index (χ4v) is 6.45. The second-order valence-electron chi connectivity index (χ2n) is 9.06. The molecule has 0 unspecified atom stereocenters. The first-order valence-corrected chi connectivity index (χ1v) is 13.3. The summed E-state index contributed by atoms with van der Waals surface area (Å²) in [7, 11) is -3.75. The molecular weight excluding hydrogens is 450 g/mol. The van der Waals surface area contributed by atoms with E-state index in [1.807, 2.05) is 31.2 Å². The number of aryl methyl sites for hydroxylation is 2. The Bertz CT molecular complexity index is 1300. The van der Waals surface area contributed by atoms with Gasteiger partial charge in [0.25, 0.3) is 0 Å². The second-order valence-corrected chi connectivity index (χ2v) is 10.9. The Kier molecular flexibility index (Phi) is 6.22. The van der Waals surface area contributed by atoms with Gasteiger partial charge in [-0.1, -0.05) is 36.2 Å². The number of hydrogen-bond donors (Lipinski definition) is 1. The van der Waals surface area contributed by atoms with Gasteiger partial charge in [0.1, 0.15) is 11.9 Å². The topological polar surface area (TPSA) is 97.2 Å². The zero-order chi connectivity index (χ0) is 23.7. The predicted octanol–water partition coefficient (Wildman–Crippen LogP) is 3.77. The summed E-state index contributed by atoms with van der Waals surface area (Å²) in [5.74, 6) is 1.49. The van der Waals surface area contributed by atoms with Crippen molar-refractivity contribution in [1.29, 1.82) is 0 Å². The van der Waals surface area contributed by atoms with E-state index >= 15 is 0 Å². The van der Waals surface area contributed by atoms with Crippen molar-refractivity contribution in [2.45, 2.75) is 62.9 Å². The van der Waals surface area contributed by atoms with Crippen molar-refractivity contribution in [3.8, 4) is 11.4 Å². The smallest absolute Gasteiger partial charge is 0.243 e. The average Bonchev–Trinajstić information content (AvgIpc) is 3.42. The third-order valence-corrected chi connectivity index (χ3v) is 8.55. The quantitative estimate of drug-likeness (QED) is 0.601. The summed E-state index contributed by atoms with van der Waals surface area (Å²) in [5.41, 5.74) is 2.49. The minimum Gasteiger partial charge on any atom is -0.325 e. The molecule has 2 aliphatic heterocycles. The molecule has 3 heterocycles. The van der Waals surface area contributed by atoms with Crippen molar-refractivity contribution < 1.29 is 13.2 Å². The van der Waals surface area contributed by atoms with Gasteiger partial charge >= 0.3 is 0 Å². The van der Waals surface area contributed by atoms with Crippen molar-refractivity contribution in [3.05, 3.63) is 59.9 Å². The lowest BCUT2D eigenvalue weighted by atomic mass is 10.1. The molecule has 8 nitrogen and oxygen atoms in total. The third-order valence-electron chi connectivity index (χ3n) is 6.63. The molecule has 0 aliphatic carbocycles. The number of fused-ring (bicyclic) bond motifs is 1. The maximum absolute atomic E-state index is 13.2. The van der Waals surface area contributed by atoms with E-state index in [4.69, 9.17) is 0 Å². The van der Waals surface area contributed by atoms with Crippen molar-refractivity contribution in [2.24, 2.45) is 0 Å². The molecule has 1 atom stereocenters. The van der Waals surface area contributed by atoms with Gasteiger partial charge in [0.2, 0.25) is 15.9 Å². The maximum Gasteiger partial charge on any atom is 0.243 e. The zero-order valence-corrected chi connectivity index (χ0v) is 20.1. The molecule has 34 heavy (non-hydrogen) atoms. The molecule has 2 aromatic carbocycles. The van der Waals surface area contributed by atoms with E-state index in [0.717, 1.165) is 48.6 Å². The minimum absolute atomic E-state index is 0.215. The standard InChI is InChI=1S/C25H29N5O3S/c1-18-11-13-21(14-12-18)34(32,33)30-16-6-9-22(30)25(31)26-20-8-5-7-19(17-20)24-28-27-23-10-3-2-4-15-29(23)24/h5,7-8,11-14,17,22H,2-4,6,9-10,15-16H2,1H3,(H,26,31)/t22-/m0/s1. The van der Waals surface area contributed by atoms with E-state index in [9.17, 15) is 13.2 Å². The van der Waals surface area contributed by atoms with Crippen molar-refractivity contribution in [3.63, 3.8) is 0 Å². The van der Waals surface area contributed by atoms with Gasteiger partial charge in [-0.15, -0.1) is 10.2 Å². The van der Waals surface area contributed by atoms with E-state index in [1.54, 1.807) is 24.3 Å². The van der Waals surface area contributed by atoms with Gasteiger partial charge in [-0.25, -0.2) is 8.42 Å². The van der Waals surface area contributed by atoms with Crippen LogP contribution in [0.5, 0.6) is 0 Å². The highest BCUT2D eigenvalue weighted by Crippen LogP contribution is 2.29. The summed E-state index contributed by atoms with van der Waals surface area (Å²) in [6.07, 6.45) is 5.47. The van der Waals surface area contributed by atoms with Crippen LogP contribution in [-0.4, -0.2) is 46.0 Å². The van der Waals surface area contributed by atoms with Crippen LogP contribution in [0, 0.1) is 6.92 Å². The number of hydrogen-bond acceptors (Lipinski definition) is 5. The fourth-order valence-electron chi connectivity index (χ4n) is 4.80. The summed E-state index contributed by atoms with van der Waals surface area (Å²) in [4.78, 5) is 13.4. The van der Waals surface area contributed by atoms with Gasteiger partial charge in [0, 0.05) is 30.8 Å². The second kappa shape index (κ2) is 9.31. The Balaban J connectivity index is 1.36. The largest absolute Gasteiger partial charge is 0.325 e. The number of carbonyl (C=O) groups is 1. The lowest BCUT2D eigenvalue weighted by Gasteiger charge is -2.23. The van der Waals surface area contributed by atoms with Gasteiger partial charge < -0.3 is 9.88 Å². The van der Waals surface area contributed by atoms with Gasteiger partial charge in [-0.2, -0.15) is 4.31 Å². The summed E-state index contributed by atoms with van der Waals surface area (Å²) >= 11 is 0. The lowest BCUT2D eigenvalue weighted by molar-refractivity contribution is -0.119. The zero-order valence-electron chi connectivity index (χ0n) is 19.3. The number of carbonyl (C=O) groups excluding carboxylic acids is 1. The van der Waals surface area contributed by atoms with Crippen LogP contribution in [0.2, 0.25) is 0 Å². The molecule has 1 amide bonds. The summed E-state index contributed by atoms with van der Waals surface area (Å²) in [5, 5.41) is 11.7. The Morgan fingerprint density at radius 1 is 1.00 bits per heavy atom. The minimum atomic E-state index is -3.75. The molecule has 0 spiro atoms. The highest BCUT2D eigenvalue weighted by Gasteiger charge is 2.39. The van der Waals surface area contributed by atoms with Crippen molar-refractivity contribution in [1.82, 2.24) is 19.1 Å². The monoisotopic (exact) mass is 479 g/mol. The number of aromatic nitrogens is 3. The number of sulfonamides is 1. The third kappa shape index (κ3) is 4.37. The van der Waals surface area contributed by atoms with Crippen LogP contribution in [0.15, 0.2) is 53.4 Å². The van der Waals surface area contributed by atoms with Crippen LogP contribution < -0.4 is 5.32 Å². The molecule has 1 saturated heterocycles. The van der Waals surface area contributed by atoms with Crippen LogP contribution in [0.4, 0.5) is 5.69 Å². The Morgan fingerprint density at radius 3 is 2.65 bits per heavy atom. The lowest BCUT2D eigenvalue weighted by Crippen LogP contribution is -2.43. The average molecular weight is 480 g/mol. The number of nitrogens with one attached hydrogen (secondary N) is 1. The Hall–Kier alpha value is -3.04. The highest BCUT2D eigenvalue weighted by molar-refractivity contribution is 7.89. The molecule has 5 rings (SSSR count). The fraction of sp³-hybridized carbons (Fsp3) is 0.400. The van der Waals surface area contributed by atoms with Crippen LogP contribution in [0.1, 0.15) is 43.5 Å². The van der Waals surface area contributed by atoms with Crippen molar-refractivity contribution in [2.75, 3.05) is 11.9 Å². The number of rotatable bonds is 5. The number of nitrogens with zero attached hydrogens (tertiary/aromatic N) is 4. The van der Waals surface area contributed by atoms with E-state index < -0.39 is 16.1 Å². The predicted molar refractivity (Wildman–Crippen MR) is 130 cm³/mol. The van der Waals surface area contributed by atoms with E-state index in [2.05, 4.69) is 20.1 Å². The number of anilines is 1. The van der Waals surface area contributed by atoms with E-state index in [-0.39, 0.29) is 10.8 Å². The first-order chi connectivity index (χ1) is 16.4. The summed E-state index contributed by atoms with van der Waals surface area (Å²) in [6.45, 7) is 3.13. The van der Waals surface area contributed by atoms with Crippen LogP contribution >= 0.6 is 0 Å². The van der Waals surface area contributed by atoms with Gasteiger partial charge in [0.05, 0.1) is 4.90 Å². The van der Waals surface area contributed by atoms with E-state index in [0.29, 0.717) is 25.1 Å². The highest BCUT2D eigenvalue weighted by atomic mass is 32.2. The molecule has 3 aromatic rings. The normalized spacial score (nSPS) is 18.9. The molecule has 1 N–H and O–H groups in total. The van der Waals surface area contributed by atoms with Gasteiger partial charge in [0.15, 0.2) is 5.82 Å². The summed E-state index contributed by atoms with van der Waals surface area (Å²) in [6, 6.07) is 13.5. The van der Waals surface area contributed by atoms with Gasteiger partial charge in [-0.3, -0.25) is 4.79 Å². The maximum atomic E-state index is 13.2. The van der Waals surface area contributed by atoms with Crippen LogP contribution in [0.3, 0.4) is 0 Å². The number of amides is 1. The molecule has 0 radical (unpaired) electrons. The summed E-state index contributed by atoms with van der Waals surface area (Å²) < 4.78 is 29.9. The molecule has 178 valence electrons. The number of benzene rings is 2. The first kappa shape index (κ1) is 22.7. The van der Waals surface area contributed by atoms with Gasteiger partial charge in [-0.05, 0) is 56.9 Å². The van der Waals surface area contributed by atoms with Crippen LogP contribution in [-0.2, 0) is 27.8 Å². The molecule has 0 bridgehead atoms. The molecule has 1 aromatic heterocycles. The van der Waals surface area contributed by atoms with Crippen LogP contribution in [0.25, 0.3) is 11.4 Å². The SMILES string of the molecule is Cc1ccc(S(=O)(=O)N2CCC[C@H]2C(=O)Nc2cccc(-c3nnc4n3CCCCC4)c2)cc1. The molecule has 2 aliphatic rings. The first-order valence-electron chi connectivity index (χ1n) is 11.9.